The highest BCUT2D eigenvalue weighted by atomic mass is 32.1. The fourth-order valence-corrected chi connectivity index (χ4v) is 1.96. The van der Waals surface area contributed by atoms with Crippen molar-refractivity contribution < 1.29 is 0 Å². The molecule has 0 saturated carbocycles. The lowest BCUT2D eigenvalue weighted by atomic mass is 10.1. The molecule has 0 unspecified atom stereocenters. The Balaban J connectivity index is 2.29. The molecule has 2 rings (SSSR count). The minimum absolute atomic E-state index is 0.0111. The Morgan fingerprint density at radius 2 is 2.00 bits per heavy atom. The maximum Gasteiger partial charge on any atom is 0.0647 e. The second kappa shape index (κ2) is 3.68. The first kappa shape index (κ1) is 8.41. The molecule has 13 heavy (non-hydrogen) atoms. The van der Waals surface area contributed by atoms with Crippen LogP contribution in [0.3, 0.4) is 0 Å². The first-order valence-electron chi connectivity index (χ1n) is 4.07. The van der Waals surface area contributed by atoms with Gasteiger partial charge in [0.2, 0.25) is 0 Å². The van der Waals surface area contributed by atoms with Crippen molar-refractivity contribution in [1.82, 2.24) is 4.98 Å². The normalized spacial score (nSPS) is 12.7. The Morgan fingerprint density at radius 1 is 1.23 bits per heavy atom. The quantitative estimate of drug-likeness (QED) is 0.788. The van der Waals surface area contributed by atoms with Gasteiger partial charge in [0.05, 0.1) is 6.04 Å². The van der Waals surface area contributed by atoms with E-state index in [0.29, 0.717) is 0 Å². The molecule has 0 aromatic carbocycles. The molecular formula is C10H10N2S. The molecule has 0 aliphatic carbocycles. The van der Waals surface area contributed by atoms with E-state index < -0.39 is 0 Å². The molecule has 1 atom stereocenters. The van der Waals surface area contributed by atoms with Crippen molar-refractivity contribution in [3.63, 3.8) is 0 Å². The molecule has 3 heteroatoms. The lowest BCUT2D eigenvalue weighted by molar-refractivity contribution is 0.889. The van der Waals surface area contributed by atoms with E-state index in [0.717, 1.165) is 5.56 Å². The van der Waals surface area contributed by atoms with Crippen molar-refractivity contribution in [2.75, 3.05) is 0 Å². The van der Waals surface area contributed by atoms with Crippen molar-refractivity contribution >= 4 is 11.3 Å². The van der Waals surface area contributed by atoms with Gasteiger partial charge in [0.25, 0.3) is 0 Å². The zero-order chi connectivity index (χ0) is 9.10. The van der Waals surface area contributed by atoms with Crippen LogP contribution in [-0.2, 0) is 0 Å². The lowest BCUT2D eigenvalue weighted by Crippen LogP contribution is -2.09. The summed E-state index contributed by atoms with van der Waals surface area (Å²) >= 11 is 1.68. The van der Waals surface area contributed by atoms with Crippen LogP contribution in [0.2, 0.25) is 0 Å². The van der Waals surface area contributed by atoms with Crippen LogP contribution < -0.4 is 5.73 Å². The predicted molar refractivity (Wildman–Crippen MR) is 54.6 cm³/mol. The number of pyridine rings is 1. The van der Waals surface area contributed by atoms with Crippen LogP contribution in [0.1, 0.15) is 16.5 Å². The summed E-state index contributed by atoms with van der Waals surface area (Å²) in [5.74, 6) is 0. The summed E-state index contributed by atoms with van der Waals surface area (Å²) in [6, 6.07) is 7.95. The van der Waals surface area contributed by atoms with Crippen LogP contribution in [0.5, 0.6) is 0 Å². The van der Waals surface area contributed by atoms with Crippen molar-refractivity contribution in [1.29, 1.82) is 0 Å². The number of hydrogen-bond acceptors (Lipinski definition) is 3. The standard InChI is InChI=1S/C10H10N2S/c11-10(9-2-1-7-13-9)8-3-5-12-6-4-8/h1-7,10H,11H2/t10-/m0/s1. The fourth-order valence-electron chi connectivity index (χ4n) is 1.20. The third kappa shape index (κ3) is 1.76. The van der Waals surface area contributed by atoms with E-state index >= 15 is 0 Å². The monoisotopic (exact) mass is 190 g/mol. The van der Waals surface area contributed by atoms with Gasteiger partial charge in [-0.3, -0.25) is 4.98 Å². The van der Waals surface area contributed by atoms with Gasteiger partial charge in [-0.05, 0) is 29.1 Å². The number of hydrogen-bond donors (Lipinski definition) is 1. The number of thiophene rings is 1. The summed E-state index contributed by atoms with van der Waals surface area (Å²) in [7, 11) is 0. The van der Waals surface area contributed by atoms with E-state index in [4.69, 9.17) is 5.73 Å². The lowest BCUT2D eigenvalue weighted by Gasteiger charge is -2.08. The Morgan fingerprint density at radius 3 is 2.62 bits per heavy atom. The zero-order valence-corrected chi connectivity index (χ0v) is 7.87. The third-order valence-electron chi connectivity index (χ3n) is 1.91. The molecule has 0 radical (unpaired) electrons. The van der Waals surface area contributed by atoms with Crippen LogP contribution in [0.15, 0.2) is 42.0 Å². The molecule has 0 spiro atoms. The molecule has 2 nitrogen and oxygen atoms in total. The molecule has 66 valence electrons. The summed E-state index contributed by atoms with van der Waals surface area (Å²) in [5.41, 5.74) is 7.15. The van der Waals surface area contributed by atoms with Gasteiger partial charge in [-0.2, -0.15) is 0 Å². The minimum atomic E-state index is -0.0111. The number of nitrogens with zero attached hydrogens (tertiary/aromatic N) is 1. The smallest absolute Gasteiger partial charge is 0.0647 e. The van der Waals surface area contributed by atoms with Gasteiger partial charge in [-0.25, -0.2) is 0 Å². The molecule has 2 N–H and O–H groups in total. The van der Waals surface area contributed by atoms with E-state index in [1.165, 1.54) is 4.88 Å². The Hall–Kier alpha value is -1.19. The predicted octanol–water partition coefficient (Wildman–Crippen LogP) is 2.19. The molecule has 0 bridgehead atoms. The Kier molecular flexibility index (Phi) is 2.38. The highest BCUT2D eigenvalue weighted by molar-refractivity contribution is 7.10. The highest BCUT2D eigenvalue weighted by Crippen LogP contribution is 2.22. The Bertz CT molecular complexity index is 356. The van der Waals surface area contributed by atoms with E-state index in [-0.39, 0.29) is 6.04 Å². The van der Waals surface area contributed by atoms with Crippen molar-refractivity contribution in [3.05, 3.63) is 52.5 Å². The summed E-state index contributed by atoms with van der Waals surface area (Å²) in [5, 5.41) is 2.04. The van der Waals surface area contributed by atoms with Crippen LogP contribution in [-0.4, -0.2) is 4.98 Å². The summed E-state index contributed by atoms with van der Waals surface area (Å²) in [4.78, 5) is 5.14. The van der Waals surface area contributed by atoms with Crippen LogP contribution in [0, 0.1) is 0 Å². The van der Waals surface area contributed by atoms with E-state index in [1.807, 2.05) is 23.6 Å². The van der Waals surface area contributed by atoms with E-state index in [9.17, 15) is 0 Å². The fraction of sp³-hybridized carbons (Fsp3) is 0.100. The average molecular weight is 190 g/mol. The molecule has 0 saturated heterocycles. The van der Waals surface area contributed by atoms with E-state index in [2.05, 4.69) is 11.1 Å². The number of aromatic nitrogens is 1. The second-order valence-corrected chi connectivity index (χ2v) is 3.75. The van der Waals surface area contributed by atoms with Crippen molar-refractivity contribution in [2.45, 2.75) is 6.04 Å². The molecule has 2 heterocycles. The summed E-state index contributed by atoms with van der Waals surface area (Å²) < 4.78 is 0. The topological polar surface area (TPSA) is 38.9 Å². The Labute approximate surface area is 81.1 Å². The van der Waals surface area contributed by atoms with Gasteiger partial charge in [0.15, 0.2) is 0 Å². The van der Waals surface area contributed by atoms with Crippen LogP contribution >= 0.6 is 11.3 Å². The minimum Gasteiger partial charge on any atom is -0.320 e. The number of nitrogens with two attached hydrogens (primary N) is 1. The van der Waals surface area contributed by atoms with Gasteiger partial charge in [-0.15, -0.1) is 11.3 Å². The van der Waals surface area contributed by atoms with Gasteiger partial charge in [0, 0.05) is 17.3 Å². The number of rotatable bonds is 2. The molecule has 0 fully saturated rings. The van der Waals surface area contributed by atoms with Crippen molar-refractivity contribution in [3.8, 4) is 0 Å². The molecule has 0 aliphatic rings. The summed E-state index contributed by atoms with van der Waals surface area (Å²) in [6.07, 6.45) is 3.53. The SMILES string of the molecule is N[C@@H](c1ccncc1)c1cccs1. The maximum absolute atomic E-state index is 6.04. The van der Waals surface area contributed by atoms with Gasteiger partial charge < -0.3 is 5.73 Å². The highest BCUT2D eigenvalue weighted by Gasteiger charge is 2.08. The largest absolute Gasteiger partial charge is 0.320 e. The molecular weight excluding hydrogens is 180 g/mol. The summed E-state index contributed by atoms with van der Waals surface area (Å²) in [6.45, 7) is 0. The van der Waals surface area contributed by atoms with Gasteiger partial charge in [0.1, 0.15) is 0 Å². The molecule has 0 amide bonds. The third-order valence-corrected chi connectivity index (χ3v) is 2.87. The molecule has 0 aliphatic heterocycles. The second-order valence-electron chi connectivity index (χ2n) is 2.77. The first-order chi connectivity index (χ1) is 6.38. The van der Waals surface area contributed by atoms with E-state index in [1.54, 1.807) is 23.7 Å². The van der Waals surface area contributed by atoms with Crippen LogP contribution in [0.25, 0.3) is 0 Å². The first-order valence-corrected chi connectivity index (χ1v) is 4.95. The van der Waals surface area contributed by atoms with Crippen LogP contribution in [0.4, 0.5) is 0 Å². The van der Waals surface area contributed by atoms with Crippen molar-refractivity contribution in [2.24, 2.45) is 5.73 Å². The average Bonchev–Trinajstić information content (AvgIpc) is 2.71. The molecule has 2 aromatic rings. The molecule has 2 aromatic heterocycles. The van der Waals surface area contributed by atoms with Gasteiger partial charge in [-0.1, -0.05) is 6.07 Å². The zero-order valence-electron chi connectivity index (χ0n) is 7.05. The maximum atomic E-state index is 6.04. The van der Waals surface area contributed by atoms with Gasteiger partial charge >= 0.3 is 0 Å².